The summed E-state index contributed by atoms with van der Waals surface area (Å²) >= 11 is 0. The minimum absolute atomic E-state index is 0. The molecule has 0 spiro atoms. The third-order valence-electron chi connectivity index (χ3n) is 0.800. The van der Waals surface area contributed by atoms with Crippen molar-refractivity contribution in [3.05, 3.63) is 0 Å². The van der Waals surface area contributed by atoms with Gasteiger partial charge in [0.2, 0.25) is 0 Å². The first-order valence-corrected chi connectivity index (χ1v) is 3.68. The van der Waals surface area contributed by atoms with Crippen LogP contribution in [0.3, 0.4) is 0 Å². The van der Waals surface area contributed by atoms with Crippen LogP contribution >= 0.6 is 0 Å². The number of carboxylic acids is 2. The lowest BCUT2D eigenvalue weighted by Crippen LogP contribution is -2.00. The number of carboxylic acid groups (broad SMARTS) is 2. The fourth-order valence-electron chi connectivity index (χ4n) is 0.426. The highest BCUT2D eigenvalue weighted by atomic mass is 27.0. The van der Waals surface area contributed by atoms with E-state index in [2.05, 4.69) is 0 Å². The van der Waals surface area contributed by atoms with Crippen molar-refractivity contribution in [2.45, 2.75) is 26.7 Å². The molecule has 0 saturated heterocycles. The van der Waals surface area contributed by atoms with Gasteiger partial charge < -0.3 is 10.2 Å². The molecule has 0 rings (SSSR count). The summed E-state index contributed by atoms with van der Waals surface area (Å²) in [6.45, 7) is 2.49. The normalized spacial score (nSPS) is 7.60. The predicted octanol–water partition coefficient (Wildman–Crippen LogP) is -1.08. The molecule has 0 fully saturated rings. The van der Waals surface area contributed by atoms with Crippen LogP contribution in [-0.2, 0) is 19.2 Å². The Morgan fingerprint density at radius 3 is 1.00 bits per heavy atom. The van der Waals surface area contributed by atoms with Crippen molar-refractivity contribution in [2.24, 2.45) is 0 Å². The number of aliphatic carboxylic acids is 2. The number of rotatable bonds is 4. The molecule has 0 amide bonds. The van der Waals surface area contributed by atoms with E-state index >= 15 is 0 Å². The van der Waals surface area contributed by atoms with Crippen LogP contribution in [-0.4, -0.2) is 51.1 Å². The van der Waals surface area contributed by atoms with Gasteiger partial charge in [0, 0.05) is 0 Å². The summed E-state index contributed by atoms with van der Waals surface area (Å²) in [7, 11) is 0. The molecule has 2 N–H and O–H groups in total. The SMILES string of the molecule is CC(=O)CC(=O)O.CC(=O)CC(=O)O.[AlH3]. The predicted molar refractivity (Wildman–Crippen MR) is 55.8 cm³/mol. The Hall–Kier alpha value is -1.19. The third-order valence-corrected chi connectivity index (χ3v) is 0.800. The van der Waals surface area contributed by atoms with Crippen molar-refractivity contribution < 1.29 is 29.4 Å². The van der Waals surface area contributed by atoms with Crippen molar-refractivity contribution in [2.75, 3.05) is 0 Å². The van der Waals surface area contributed by atoms with Crippen LogP contribution in [0.2, 0.25) is 0 Å². The highest BCUT2D eigenvalue weighted by Crippen LogP contribution is 1.78. The van der Waals surface area contributed by atoms with Crippen molar-refractivity contribution in [3.8, 4) is 0 Å². The zero-order valence-corrected chi connectivity index (χ0v) is 7.94. The largest absolute Gasteiger partial charge is 0.481 e. The molecule has 0 aromatic carbocycles. The average molecular weight is 234 g/mol. The second-order valence-corrected chi connectivity index (χ2v) is 2.55. The summed E-state index contributed by atoms with van der Waals surface area (Å²) in [6.07, 6.45) is -0.722. The molecule has 86 valence electrons. The van der Waals surface area contributed by atoms with E-state index in [1.165, 1.54) is 13.8 Å². The molecule has 0 aromatic rings. The molecular weight excluding hydrogens is 219 g/mol. The van der Waals surface area contributed by atoms with Gasteiger partial charge in [-0.1, -0.05) is 0 Å². The maximum absolute atomic E-state index is 9.87. The molecule has 6 nitrogen and oxygen atoms in total. The van der Waals surface area contributed by atoms with Crippen molar-refractivity contribution in [1.82, 2.24) is 0 Å². The average Bonchev–Trinajstić information content (AvgIpc) is 1.79. The topological polar surface area (TPSA) is 109 Å². The van der Waals surface area contributed by atoms with E-state index in [0.717, 1.165) is 0 Å². The van der Waals surface area contributed by atoms with Gasteiger partial charge in [-0.05, 0) is 13.8 Å². The highest BCUT2D eigenvalue weighted by molar-refractivity contribution is 5.93. The van der Waals surface area contributed by atoms with E-state index in [4.69, 9.17) is 10.2 Å². The second-order valence-electron chi connectivity index (χ2n) is 2.55. The Labute approximate surface area is 97.4 Å². The summed E-state index contributed by atoms with van der Waals surface area (Å²) in [6, 6.07) is 0. The molecule has 0 aliphatic carbocycles. The van der Waals surface area contributed by atoms with E-state index in [1.54, 1.807) is 0 Å². The number of carbonyl (C=O) groups is 4. The van der Waals surface area contributed by atoms with Gasteiger partial charge in [0.25, 0.3) is 0 Å². The molecule has 0 aliphatic heterocycles. The van der Waals surface area contributed by atoms with Gasteiger partial charge in [0.1, 0.15) is 24.4 Å². The summed E-state index contributed by atoms with van der Waals surface area (Å²) in [5.74, 6) is -2.75. The molecule has 0 atom stereocenters. The van der Waals surface area contributed by atoms with Gasteiger partial charge in [-0.25, -0.2) is 0 Å². The molecule has 0 heterocycles. The van der Waals surface area contributed by atoms with Gasteiger partial charge in [-0.15, -0.1) is 0 Å². The monoisotopic (exact) mass is 234 g/mol. The van der Waals surface area contributed by atoms with E-state index in [-0.39, 0.29) is 41.8 Å². The lowest BCUT2D eigenvalue weighted by molar-refractivity contribution is -0.141. The number of hydrogen-bond donors (Lipinski definition) is 2. The maximum atomic E-state index is 9.87. The van der Waals surface area contributed by atoms with Gasteiger partial charge in [0.05, 0.1) is 0 Å². The quantitative estimate of drug-likeness (QED) is 0.473. The summed E-state index contributed by atoms with van der Waals surface area (Å²) in [5, 5.41) is 15.7. The fourth-order valence-corrected chi connectivity index (χ4v) is 0.426. The standard InChI is InChI=1S/2C4H6O3.Al.3H/c2*1-3(5)2-4(6)7;;;;/h2*2H2,1H3,(H,6,7);;;;. The molecule has 0 aromatic heterocycles. The van der Waals surface area contributed by atoms with Crippen LogP contribution in [0.5, 0.6) is 0 Å². The Bertz CT molecular complexity index is 198. The van der Waals surface area contributed by atoms with Crippen LogP contribution in [0.1, 0.15) is 26.7 Å². The lowest BCUT2D eigenvalue weighted by atomic mass is 10.3. The minimum Gasteiger partial charge on any atom is -0.481 e. The van der Waals surface area contributed by atoms with Crippen LogP contribution in [0, 0.1) is 0 Å². The van der Waals surface area contributed by atoms with Gasteiger partial charge >= 0.3 is 11.9 Å². The molecular formula is C8H15AlO6. The summed E-state index contributed by atoms with van der Waals surface area (Å²) in [4.78, 5) is 38.9. The Morgan fingerprint density at radius 2 is 1.00 bits per heavy atom. The molecule has 0 radical (unpaired) electrons. The molecule has 0 bridgehead atoms. The van der Waals surface area contributed by atoms with Crippen LogP contribution < -0.4 is 0 Å². The first-order chi connectivity index (χ1) is 6.25. The van der Waals surface area contributed by atoms with Gasteiger partial charge in [-0.2, -0.15) is 0 Å². The molecule has 0 unspecified atom stereocenters. The van der Waals surface area contributed by atoms with Crippen molar-refractivity contribution in [1.29, 1.82) is 0 Å². The van der Waals surface area contributed by atoms with E-state index in [1.807, 2.05) is 0 Å². The molecule has 0 saturated carbocycles. The summed E-state index contributed by atoms with van der Waals surface area (Å²) in [5.41, 5.74) is 0. The molecule has 0 aliphatic rings. The Morgan fingerprint density at radius 1 is 0.800 bits per heavy atom. The number of carbonyl (C=O) groups excluding carboxylic acids is 2. The first kappa shape index (κ1) is 19.4. The zero-order chi connectivity index (χ0) is 11.7. The van der Waals surface area contributed by atoms with Crippen LogP contribution in [0.4, 0.5) is 0 Å². The number of Topliss-reactive ketones (excluding diaryl/α,β-unsaturated/α-hetero) is 2. The smallest absolute Gasteiger partial charge is 0.310 e. The van der Waals surface area contributed by atoms with Crippen LogP contribution in [0.25, 0.3) is 0 Å². The fraction of sp³-hybridized carbons (Fsp3) is 0.500. The zero-order valence-electron chi connectivity index (χ0n) is 7.94. The number of ketones is 2. The van der Waals surface area contributed by atoms with E-state index < -0.39 is 11.9 Å². The Kier molecular flexibility index (Phi) is 14.1. The van der Waals surface area contributed by atoms with Crippen molar-refractivity contribution >= 4 is 40.9 Å². The lowest BCUT2D eigenvalue weighted by Gasteiger charge is -1.80. The first-order valence-electron chi connectivity index (χ1n) is 3.68. The van der Waals surface area contributed by atoms with Gasteiger partial charge in [0.15, 0.2) is 17.4 Å². The third kappa shape index (κ3) is 32.3. The van der Waals surface area contributed by atoms with Crippen molar-refractivity contribution in [3.63, 3.8) is 0 Å². The number of hydrogen-bond acceptors (Lipinski definition) is 4. The summed E-state index contributed by atoms with van der Waals surface area (Å²) < 4.78 is 0. The second kappa shape index (κ2) is 10.9. The highest BCUT2D eigenvalue weighted by Gasteiger charge is 1.98. The van der Waals surface area contributed by atoms with Crippen LogP contribution in [0.15, 0.2) is 0 Å². The van der Waals surface area contributed by atoms with E-state index in [9.17, 15) is 19.2 Å². The maximum Gasteiger partial charge on any atom is 0.310 e. The van der Waals surface area contributed by atoms with E-state index in [0.29, 0.717) is 0 Å². The van der Waals surface area contributed by atoms with Gasteiger partial charge in [-0.3, -0.25) is 19.2 Å². The minimum atomic E-state index is -1.06. The Balaban J connectivity index is -0.000000180. The molecule has 15 heavy (non-hydrogen) atoms. The molecule has 7 heteroatoms.